The third kappa shape index (κ3) is 3.60. The number of esters is 1. The fraction of sp³-hybridized carbons (Fsp3) is 0.588. The molecule has 0 bridgehead atoms. The molecule has 4 atom stereocenters. The van der Waals surface area contributed by atoms with Crippen LogP contribution in [0.1, 0.15) is 36.5 Å². The van der Waals surface area contributed by atoms with Crippen LogP contribution >= 0.6 is 15.9 Å². The average molecular weight is 385 g/mol. The van der Waals surface area contributed by atoms with Crippen molar-refractivity contribution >= 4 is 21.9 Å². The van der Waals surface area contributed by atoms with Crippen molar-refractivity contribution in [1.29, 1.82) is 0 Å². The molecule has 1 N–H and O–H groups in total. The number of hydrogen-bond acceptors (Lipinski definition) is 5. The second kappa shape index (κ2) is 6.89. The molecule has 1 aromatic rings. The molecule has 2 heterocycles. The third-order valence-electron chi connectivity index (χ3n) is 4.48. The van der Waals surface area contributed by atoms with Gasteiger partial charge in [0.15, 0.2) is 5.79 Å². The topological polar surface area (TPSA) is 65.0 Å². The number of halogens is 1. The first-order valence-electron chi connectivity index (χ1n) is 7.93. The van der Waals surface area contributed by atoms with Gasteiger partial charge >= 0.3 is 5.97 Å². The van der Waals surface area contributed by atoms with Gasteiger partial charge in [0.2, 0.25) is 0 Å². The molecule has 0 saturated carbocycles. The Morgan fingerprint density at radius 1 is 1.43 bits per heavy atom. The minimum Gasteiger partial charge on any atom is -0.462 e. The minimum atomic E-state index is -0.924. The van der Waals surface area contributed by atoms with Crippen LogP contribution in [0, 0.1) is 5.92 Å². The highest BCUT2D eigenvalue weighted by molar-refractivity contribution is 9.10. The van der Waals surface area contributed by atoms with Crippen molar-refractivity contribution in [2.75, 3.05) is 13.2 Å². The SMILES string of the molecule is C[C@H]1CCC[C@]2(OC[C@H](COC(=O)c3ccc(Br)cc3)[C@@H]2O)O1. The van der Waals surface area contributed by atoms with Gasteiger partial charge in [0.05, 0.1) is 24.9 Å². The Bertz CT molecular complexity index is 561. The first-order valence-corrected chi connectivity index (χ1v) is 8.72. The lowest BCUT2D eigenvalue weighted by Crippen LogP contribution is -2.49. The number of rotatable bonds is 3. The molecular formula is C17H21BrO5. The molecule has 2 saturated heterocycles. The summed E-state index contributed by atoms with van der Waals surface area (Å²) in [5.74, 6) is -1.59. The van der Waals surface area contributed by atoms with Crippen LogP contribution in [0.5, 0.6) is 0 Å². The maximum atomic E-state index is 12.0. The molecule has 2 aliphatic rings. The predicted molar refractivity (Wildman–Crippen MR) is 87.0 cm³/mol. The van der Waals surface area contributed by atoms with Crippen molar-refractivity contribution in [1.82, 2.24) is 0 Å². The van der Waals surface area contributed by atoms with Gasteiger partial charge in [-0.3, -0.25) is 0 Å². The fourth-order valence-corrected chi connectivity index (χ4v) is 3.46. The summed E-state index contributed by atoms with van der Waals surface area (Å²) >= 11 is 3.33. The monoisotopic (exact) mass is 384 g/mol. The van der Waals surface area contributed by atoms with Crippen LogP contribution in [0.15, 0.2) is 28.7 Å². The maximum Gasteiger partial charge on any atom is 0.338 e. The van der Waals surface area contributed by atoms with Crippen LogP contribution in [0.2, 0.25) is 0 Å². The molecule has 126 valence electrons. The zero-order chi connectivity index (χ0) is 16.4. The standard InChI is InChI=1S/C17H21BrO5/c1-11-3-2-8-17(23-11)15(19)13(10-22-17)9-21-16(20)12-4-6-14(18)7-5-12/h4-7,11,13,15,19H,2-3,8-10H2,1H3/t11-,13-,15-,17-/m0/s1. The van der Waals surface area contributed by atoms with Crippen LogP contribution < -0.4 is 0 Å². The molecule has 23 heavy (non-hydrogen) atoms. The number of ether oxygens (including phenoxy) is 3. The fourth-order valence-electron chi connectivity index (χ4n) is 3.19. The number of carbonyl (C=O) groups is 1. The molecule has 2 fully saturated rings. The van der Waals surface area contributed by atoms with Crippen LogP contribution in [-0.2, 0) is 14.2 Å². The van der Waals surface area contributed by atoms with Crippen molar-refractivity contribution in [3.05, 3.63) is 34.3 Å². The van der Waals surface area contributed by atoms with E-state index in [1.165, 1.54) is 0 Å². The van der Waals surface area contributed by atoms with Crippen molar-refractivity contribution in [3.8, 4) is 0 Å². The number of aliphatic hydroxyl groups is 1. The number of carbonyl (C=O) groups excluding carboxylic acids is 1. The minimum absolute atomic E-state index is 0.0717. The molecule has 0 amide bonds. The quantitative estimate of drug-likeness (QED) is 0.811. The van der Waals surface area contributed by atoms with E-state index in [1.807, 2.05) is 6.92 Å². The summed E-state index contributed by atoms with van der Waals surface area (Å²) in [6.07, 6.45) is 1.91. The van der Waals surface area contributed by atoms with Crippen molar-refractivity contribution in [3.63, 3.8) is 0 Å². The second-order valence-electron chi connectivity index (χ2n) is 6.25. The van der Waals surface area contributed by atoms with Gasteiger partial charge in [-0.2, -0.15) is 0 Å². The first kappa shape index (κ1) is 16.9. The molecule has 0 radical (unpaired) electrons. The molecule has 1 spiro atoms. The van der Waals surface area contributed by atoms with Crippen molar-refractivity contribution < 1.29 is 24.1 Å². The summed E-state index contributed by atoms with van der Waals surface area (Å²) in [5.41, 5.74) is 0.485. The van der Waals surface area contributed by atoms with Gasteiger partial charge in [0.1, 0.15) is 6.10 Å². The number of benzene rings is 1. The normalized spacial score (nSPS) is 33.8. The third-order valence-corrected chi connectivity index (χ3v) is 5.01. The number of hydrogen-bond donors (Lipinski definition) is 1. The molecule has 2 aliphatic heterocycles. The molecule has 0 aliphatic carbocycles. The van der Waals surface area contributed by atoms with Gasteiger partial charge in [0, 0.05) is 16.8 Å². The Labute approximate surface area is 144 Å². The van der Waals surface area contributed by atoms with E-state index >= 15 is 0 Å². The van der Waals surface area contributed by atoms with E-state index in [1.54, 1.807) is 24.3 Å². The Kier molecular flexibility index (Phi) is 5.06. The Balaban J connectivity index is 1.57. The van der Waals surface area contributed by atoms with Gasteiger partial charge < -0.3 is 19.3 Å². The lowest BCUT2D eigenvalue weighted by atomic mass is 9.93. The molecule has 1 aromatic carbocycles. The Hall–Kier alpha value is -0.950. The summed E-state index contributed by atoms with van der Waals surface area (Å²) in [6.45, 7) is 2.44. The van der Waals surface area contributed by atoms with Crippen LogP contribution in [0.3, 0.4) is 0 Å². The van der Waals surface area contributed by atoms with E-state index in [0.29, 0.717) is 18.6 Å². The van der Waals surface area contributed by atoms with Crippen LogP contribution in [0.4, 0.5) is 0 Å². The van der Waals surface area contributed by atoms with Gasteiger partial charge in [-0.25, -0.2) is 4.79 Å². The van der Waals surface area contributed by atoms with Gasteiger partial charge in [-0.05, 0) is 44.0 Å². The molecule has 6 heteroatoms. The first-order chi connectivity index (χ1) is 11.0. The van der Waals surface area contributed by atoms with Crippen LogP contribution in [-0.4, -0.2) is 42.3 Å². The Morgan fingerprint density at radius 3 is 2.87 bits per heavy atom. The molecule has 5 nitrogen and oxygen atoms in total. The molecule has 3 rings (SSSR count). The highest BCUT2D eigenvalue weighted by Gasteiger charge is 2.52. The smallest absolute Gasteiger partial charge is 0.338 e. The van der Waals surface area contributed by atoms with Gasteiger partial charge in [-0.15, -0.1) is 0 Å². The van der Waals surface area contributed by atoms with Crippen molar-refractivity contribution in [2.45, 2.75) is 44.2 Å². The van der Waals surface area contributed by atoms with Crippen LogP contribution in [0.25, 0.3) is 0 Å². The van der Waals surface area contributed by atoms with Gasteiger partial charge in [0.25, 0.3) is 0 Å². The highest BCUT2D eigenvalue weighted by Crippen LogP contribution is 2.40. The second-order valence-corrected chi connectivity index (χ2v) is 7.17. The zero-order valence-electron chi connectivity index (χ0n) is 13.0. The number of aliphatic hydroxyl groups excluding tert-OH is 1. The lowest BCUT2D eigenvalue weighted by molar-refractivity contribution is -0.284. The summed E-state index contributed by atoms with van der Waals surface area (Å²) in [4.78, 5) is 12.0. The Morgan fingerprint density at radius 2 is 2.17 bits per heavy atom. The largest absolute Gasteiger partial charge is 0.462 e. The molecular weight excluding hydrogens is 364 g/mol. The summed E-state index contributed by atoms with van der Waals surface area (Å²) in [5, 5.41) is 10.6. The van der Waals surface area contributed by atoms with E-state index in [-0.39, 0.29) is 18.6 Å². The van der Waals surface area contributed by atoms with Crippen molar-refractivity contribution in [2.24, 2.45) is 5.92 Å². The summed E-state index contributed by atoms with van der Waals surface area (Å²) in [7, 11) is 0. The summed E-state index contributed by atoms with van der Waals surface area (Å²) < 4.78 is 17.9. The molecule has 0 unspecified atom stereocenters. The van der Waals surface area contributed by atoms with E-state index in [4.69, 9.17) is 14.2 Å². The van der Waals surface area contributed by atoms with E-state index in [0.717, 1.165) is 17.3 Å². The maximum absolute atomic E-state index is 12.0. The zero-order valence-corrected chi connectivity index (χ0v) is 14.6. The lowest BCUT2D eigenvalue weighted by Gasteiger charge is -2.39. The molecule has 0 aromatic heterocycles. The summed E-state index contributed by atoms with van der Waals surface area (Å²) in [6, 6.07) is 6.97. The van der Waals surface area contributed by atoms with E-state index < -0.39 is 17.9 Å². The van der Waals surface area contributed by atoms with E-state index in [2.05, 4.69) is 15.9 Å². The average Bonchev–Trinajstić information content (AvgIpc) is 2.82. The predicted octanol–water partition coefficient (Wildman–Crippen LogP) is 2.90. The van der Waals surface area contributed by atoms with Gasteiger partial charge in [-0.1, -0.05) is 15.9 Å². The van der Waals surface area contributed by atoms with E-state index in [9.17, 15) is 9.90 Å². The highest BCUT2D eigenvalue weighted by atomic mass is 79.9.